The van der Waals surface area contributed by atoms with E-state index in [1.807, 2.05) is 12.1 Å². The molecule has 3 atom stereocenters. The van der Waals surface area contributed by atoms with E-state index in [1.54, 1.807) is 21.9 Å². The molecule has 7 nitrogen and oxygen atoms in total. The van der Waals surface area contributed by atoms with E-state index in [4.69, 9.17) is 4.74 Å². The molecule has 27 heavy (non-hydrogen) atoms. The number of carbonyl (C=O) groups is 3. The second-order valence-corrected chi connectivity index (χ2v) is 7.55. The fourth-order valence-electron chi connectivity index (χ4n) is 4.77. The Morgan fingerprint density at radius 3 is 2.78 bits per heavy atom. The first-order valence-electron chi connectivity index (χ1n) is 9.62. The van der Waals surface area contributed by atoms with Crippen molar-refractivity contribution in [2.75, 3.05) is 18.1 Å². The highest BCUT2D eigenvalue weighted by molar-refractivity contribution is 5.98. The zero-order valence-corrected chi connectivity index (χ0v) is 15.2. The van der Waals surface area contributed by atoms with Crippen LogP contribution in [0.4, 0.5) is 5.69 Å². The minimum absolute atomic E-state index is 0.0278. The molecule has 7 heteroatoms. The van der Waals surface area contributed by atoms with Crippen molar-refractivity contribution in [1.29, 1.82) is 0 Å². The highest BCUT2D eigenvalue weighted by Gasteiger charge is 2.47. The molecule has 3 aliphatic rings. The summed E-state index contributed by atoms with van der Waals surface area (Å²) in [5.74, 6) is -0.372. The Kier molecular flexibility index (Phi) is 4.76. The van der Waals surface area contributed by atoms with Crippen molar-refractivity contribution < 1.29 is 24.2 Å². The van der Waals surface area contributed by atoms with Crippen LogP contribution in [-0.4, -0.2) is 53.0 Å². The second kappa shape index (κ2) is 7.21. The highest BCUT2D eigenvalue weighted by Crippen LogP contribution is 2.40. The van der Waals surface area contributed by atoms with E-state index < -0.39 is 12.0 Å². The van der Waals surface area contributed by atoms with Crippen LogP contribution in [0, 0.1) is 5.92 Å². The summed E-state index contributed by atoms with van der Waals surface area (Å²) in [7, 11) is 0. The van der Waals surface area contributed by atoms with Gasteiger partial charge in [-0.3, -0.25) is 9.59 Å². The molecule has 2 fully saturated rings. The molecule has 1 aromatic rings. The van der Waals surface area contributed by atoms with Gasteiger partial charge in [0.25, 0.3) is 5.91 Å². The number of ether oxygens (including phenoxy) is 1. The number of rotatable bonds is 4. The van der Waals surface area contributed by atoms with Gasteiger partial charge in [-0.05, 0) is 37.3 Å². The van der Waals surface area contributed by atoms with Crippen molar-refractivity contribution in [3.8, 4) is 5.75 Å². The van der Waals surface area contributed by atoms with Gasteiger partial charge in [0.05, 0.1) is 5.69 Å². The van der Waals surface area contributed by atoms with Crippen molar-refractivity contribution in [1.82, 2.24) is 4.90 Å². The largest absolute Gasteiger partial charge is 0.482 e. The van der Waals surface area contributed by atoms with Crippen LogP contribution in [0.15, 0.2) is 24.3 Å². The number of benzene rings is 1. The Labute approximate surface area is 157 Å². The van der Waals surface area contributed by atoms with Crippen LogP contribution in [0.25, 0.3) is 0 Å². The van der Waals surface area contributed by atoms with E-state index >= 15 is 0 Å². The van der Waals surface area contributed by atoms with Crippen LogP contribution in [0.3, 0.4) is 0 Å². The predicted molar refractivity (Wildman–Crippen MR) is 97.5 cm³/mol. The van der Waals surface area contributed by atoms with Gasteiger partial charge in [-0.15, -0.1) is 0 Å². The van der Waals surface area contributed by atoms with Crippen LogP contribution in [-0.2, 0) is 14.4 Å². The van der Waals surface area contributed by atoms with Gasteiger partial charge >= 0.3 is 5.97 Å². The lowest BCUT2D eigenvalue weighted by atomic mass is 9.84. The van der Waals surface area contributed by atoms with Gasteiger partial charge in [-0.25, -0.2) is 4.79 Å². The zero-order chi connectivity index (χ0) is 19.0. The molecule has 0 unspecified atom stereocenters. The number of likely N-dealkylation sites (tertiary alicyclic amines) is 1. The topological polar surface area (TPSA) is 87.2 Å². The third-order valence-electron chi connectivity index (χ3n) is 6.02. The maximum atomic E-state index is 13.0. The average Bonchev–Trinajstić information content (AvgIpc) is 3.07. The molecular weight excluding hydrogens is 348 g/mol. The van der Waals surface area contributed by atoms with Crippen molar-refractivity contribution in [3.05, 3.63) is 24.3 Å². The zero-order valence-electron chi connectivity index (χ0n) is 15.2. The summed E-state index contributed by atoms with van der Waals surface area (Å²) in [6, 6.07) is 6.54. The van der Waals surface area contributed by atoms with Gasteiger partial charge in [0.15, 0.2) is 6.61 Å². The lowest BCUT2D eigenvalue weighted by Gasteiger charge is -2.34. The maximum absolute atomic E-state index is 13.0. The fourth-order valence-corrected chi connectivity index (χ4v) is 4.77. The van der Waals surface area contributed by atoms with Crippen molar-refractivity contribution in [2.24, 2.45) is 5.92 Å². The number of anilines is 1. The van der Waals surface area contributed by atoms with Crippen LogP contribution >= 0.6 is 0 Å². The quantitative estimate of drug-likeness (QED) is 0.874. The summed E-state index contributed by atoms with van der Waals surface area (Å²) in [5.41, 5.74) is 0.660. The Morgan fingerprint density at radius 1 is 1.19 bits per heavy atom. The van der Waals surface area contributed by atoms with Gasteiger partial charge in [-0.2, -0.15) is 0 Å². The van der Waals surface area contributed by atoms with Crippen molar-refractivity contribution >= 4 is 23.5 Å². The number of para-hydroxylation sites is 2. The number of fused-ring (bicyclic) bond motifs is 2. The van der Waals surface area contributed by atoms with E-state index in [-0.39, 0.29) is 43.3 Å². The summed E-state index contributed by atoms with van der Waals surface area (Å²) in [6.07, 6.45) is 4.67. The van der Waals surface area contributed by atoms with E-state index in [9.17, 15) is 19.5 Å². The van der Waals surface area contributed by atoms with Crippen molar-refractivity contribution in [2.45, 2.75) is 50.6 Å². The summed E-state index contributed by atoms with van der Waals surface area (Å²) < 4.78 is 5.43. The number of hydrogen-bond donors (Lipinski definition) is 1. The number of carboxylic acids is 1. The van der Waals surface area contributed by atoms with Crippen molar-refractivity contribution in [3.63, 3.8) is 0 Å². The number of hydrogen-bond acceptors (Lipinski definition) is 4. The van der Waals surface area contributed by atoms with Crippen LogP contribution in [0.1, 0.15) is 38.5 Å². The summed E-state index contributed by atoms with van der Waals surface area (Å²) in [6.45, 7) is 0.190. The third kappa shape index (κ3) is 3.26. The molecule has 1 saturated carbocycles. The van der Waals surface area contributed by atoms with E-state index in [1.165, 1.54) is 0 Å². The number of nitrogens with zero attached hydrogens (tertiary/aromatic N) is 2. The van der Waals surface area contributed by atoms with Gasteiger partial charge in [-0.1, -0.05) is 25.0 Å². The number of amides is 2. The molecule has 4 rings (SSSR count). The second-order valence-electron chi connectivity index (χ2n) is 7.55. The molecule has 0 aromatic heterocycles. The summed E-state index contributed by atoms with van der Waals surface area (Å²) in [4.78, 5) is 40.1. The number of carboxylic acid groups (broad SMARTS) is 1. The molecule has 1 aliphatic carbocycles. The lowest BCUT2D eigenvalue weighted by molar-refractivity contribution is -0.149. The maximum Gasteiger partial charge on any atom is 0.326 e. The van der Waals surface area contributed by atoms with Crippen LogP contribution in [0.2, 0.25) is 0 Å². The molecule has 1 aromatic carbocycles. The molecule has 1 N–H and O–H groups in total. The minimum atomic E-state index is -0.925. The van der Waals surface area contributed by atoms with Gasteiger partial charge < -0.3 is 19.6 Å². The minimum Gasteiger partial charge on any atom is -0.482 e. The van der Waals surface area contributed by atoms with E-state index in [0.29, 0.717) is 17.9 Å². The van der Waals surface area contributed by atoms with E-state index in [0.717, 1.165) is 25.7 Å². The number of aliphatic carboxylic acids is 1. The summed E-state index contributed by atoms with van der Waals surface area (Å²) >= 11 is 0. The normalized spacial score (nSPS) is 27.0. The summed E-state index contributed by atoms with van der Waals surface area (Å²) in [5, 5.41) is 9.59. The van der Waals surface area contributed by atoms with E-state index in [2.05, 4.69) is 0 Å². The fraction of sp³-hybridized carbons (Fsp3) is 0.550. The Morgan fingerprint density at radius 2 is 1.96 bits per heavy atom. The SMILES string of the molecule is O=C(O)[C@@H]1C[C@@H]2CCCC[C@@H]2N1C(=O)CCN1C(=O)COc2ccccc21. The first-order valence-corrected chi connectivity index (χ1v) is 9.62. The molecule has 2 heterocycles. The van der Waals surface area contributed by atoms with Gasteiger partial charge in [0.1, 0.15) is 11.8 Å². The van der Waals surface area contributed by atoms with Crippen LogP contribution < -0.4 is 9.64 Å². The molecular formula is C20H24N2O5. The van der Waals surface area contributed by atoms with Gasteiger partial charge in [0, 0.05) is 19.0 Å². The monoisotopic (exact) mass is 372 g/mol. The molecule has 144 valence electrons. The Hall–Kier alpha value is -2.57. The first kappa shape index (κ1) is 17.8. The third-order valence-corrected chi connectivity index (χ3v) is 6.02. The molecule has 2 amide bonds. The Balaban J connectivity index is 1.48. The first-order chi connectivity index (χ1) is 13.1. The molecule has 0 spiro atoms. The molecule has 0 radical (unpaired) electrons. The number of carbonyl (C=O) groups excluding carboxylic acids is 2. The van der Waals surface area contributed by atoms with Gasteiger partial charge in [0.2, 0.25) is 5.91 Å². The Bertz CT molecular complexity index is 764. The standard InChI is InChI=1S/C20H24N2O5/c23-18(22-14-6-2-1-5-13(14)11-16(22)20(25)26)9-10-21-15-7-3-4-8-17(15)27-12-19(21)24/h3-4,7-8,13-14,16H,1-2,5-6,9-12H2,(H,25,26)/t13-,14-,16-/m0/s1. The molecule has 1 saturated heterocycles. The smallest absolute Gasteiger partial charge is 0.326 e. The highest BCUT2D eigenvalue weighted by atomic mass is 16.5. The predicted octanol–water partition coefficient (Wildman–Crippen LogP) is 2.05. The average molecular weight is 372 g/mol. The van der Waals surface area contributed by atoms with Crippen LogP contribution in [0.5, 0.6) is 5.75 Å². The molecule has 2 aliphatic heterocycles. The lowest BCUT2D eigenvalue weighted by Crippen LogP contribution is -2.48. The molecule has 0 bridgehead atoms.